The first-order chi connectivity index (χ1) is 13.8. The Morgan fingerprint density at radius 3 is 2.72 bits per heavy atom. The Morgan fingerprint density at radius 2 is 2.07 bits per heavy atom. The number of hydrogen-bond acceptors (Lipinski definition) is 5. The van der Waals surface area contributed by atoms with Crippen molar-refractivity contribution in [2.24, 2.45) is 5.92 Å². The SMILES string of the molecule is CSc1ccccc1Nc1cc(NC(=O)C2CC2(F)F)nc2c1nc(C)n2PI. The summed E-state index contributed by atoms with van der Waals surface area (Å²) in [6, 6.07) is 9.47. The molecule has 11 heteroatoms. The molecule has 0 aliphatic heterocycles. The Kier molecular flexibility index (Phi) is 5.69. The minimum Gasteiger partial charge on any atom is -0.353 e. The maximum atomic E-state index is 13.3. The molecular weight excluding hydrogens is 530 g/mol. The van der Waals surface area contributed by atoms with Gasteiger partial charge in [-0.1, -0.05) is 12.1 Å². The largest absolute Gasteiger partial charge is 0.353 e. The molecule has 1 aromatic carbocycles. The number of halogens is 3. The fraction of sp³-hybridized carbons (Fsp3) is 0.278. The zero-order valence-corrected chi connectivity index (χ0v) is 19.4. The molecule has 2 aromatic heterocycles. The zero-order chi connectivity index (χ0) is 20.8. The van der Waals surface area contributed by atoms with E-state index in [1.165, 1.54) is 0 Å². The predicted molar refractivity (Wildman–Crippen MR) is 123 cm³/mol. The summed E-state index contributed by atoms with van der Waals surface area (Å²) in [6.45, 7) is 1.88. The van der Waals surface area contributed by atoms with Crippen molar-refractivity contribution < 1.29 is 13.6 Å². The van der Waals surface area contributed by atoms with Crippen LogP contribution < -0.4 is 10.6 Å². The minimum atomic E-state index is -2.92. The predicted octanol–water partition coefficient (Wildman–Crippen LogP) is 5.59. The second-order valence-corrected chi connectivity index (χ2v) is 9.55. The third-order valence-electron chi connectivity index (χ3n) is 4.64. The summed E-state index contributed by atoms with van der Waals surface area (Å²) in [6.07, 6.45) is 1.93. The van der Waals surface area contributed by atoms with E-state index in [4.69, 9.17) is 0 Å². The number of aryl methyl sites for hydroxylation is 1. The number of rotatable bonds is 6. The molecule has 4 rings (SSSR count). The smallest absolute Gasteiger partial charge is 0.260 e. The molecule has 1 aliphatic carbocycles. The van der Waals surface area contributed by atoms with Crippen LogP contribution in [0.2, 0.25) is 0 Å². The van der Waals surface area contributed by atoms with Crippen LogP contribution in [0.1, 0.15) is 12.2 Å². The van der Waals surface area contributed by atoms with E-state index in [0.717, 1.165) is 16.4 Å². The molecule has 2 heterocycles. The van der Waals surface area contributed by atoms with E-state index in [-0.39, 0.29) is 5.82 Å². The maximum Gasteiger partial charge on any atom is 0.260 e. The number of thioether (sulfide) groups is 1. The monoisotopic (exact) mass is 547 g/mol. The van der Waals surface area contributed by atoms with Crippen molar-refractivity contribution >= 4 is 74.4 Å². The van der Waals surface area contributed by atoms with E-state index >= 15 is 0 Å². The third-order valence-corrected chi connectivity index (χ3v) is 7.59. The first kappa shape index (κ1) is 20.7. The molecule has 2 N–H and O–H groups in total. The molecule has 0 spiro atoms. The van der Waals surface area contributed by atoms with E-state index in [2.05, 4.69) is 42.6 Å². The Morgan fingerprint density at radius 1 is 1.34 bits per heavy atom. The third kappa shape index (κ3) is 4.06. The topological polar surface area (TPSA) is 71.8 Å². The van der Waals surface area contributed by atoms with Gasteiger partial charge in [-0.05, 0) is 47.4 Å². The Hall–Kier alpha value is -1.52. The lowest BCUT2D eigenvalue weighted by Crippen LogP contribution is -2.18. The fourth-order valence-corrected chi connectivity index (χ4v) is 5.72. The van der Waals surface area contributed by atoms with E-state index in [1.807, 2.05) is 41.8 Å². The second kappa shape index (κ2) is 7.96. The molecule has 1 fully saturated rings. The molecular formula is C18H17F2IN5OPS. The summed E-state index contributed by atoms with van der Waals surface area (Å²) in [4.78, 5) is 22.3. The van der Waals surface area contributed by atoms with Gasteiger partial charge in [-0.2, -0.15) is 0 Å². The Labute approximate surface area is 185 Å². The van der Waals surface area contributed by atoms with Crippen LogP contribution in [-0.2, 0) is 4.79 Å². The number of carbonyl (C=O) groups excluding carboxylic acids is 1. The molecule has 2 unspecified atom stereocenters. The molecule has 0 saturated heterocycles. The van der Waals surface area contributed by atoms with E-state index in [1.54, 1.807) is 17.8 Å². The van der Waals surface area contributed by atoms with Crippen molar-refractivity contribution in [2.45, 2.75) is 24.2 Å². The van der Waals surface area contributed by atoms with Crippen LogP contribution in [0.4, 0.5) is 26.0 Å². The van der Waals surface area contributed by atoms with Crippen LogP contribution in [-0.4, -0.2) is 32.4 Å². The van der Waals surface area contributed by atoms with Gasteiger partial charge in [-0.25, -0.2) is 18.7 Å². The van der Waals surface area contributed by atoms with Gasteiger partial charge in [0.2, 0.25) is 5.91 Å². The van der Waals surface area contributed by atoms with Gasteiger partial charge in [0.1, 0.15) is 23.1 Å². The summed E-state index contributed by atoms with van der Waals surface area (Å²) >= 11 is 3.84. The molecule has 0 bridgehead atoms. The molecule has 3 aromatic rings. The molecule has 2 atom stereocenters. The highest BCUT2D eigenvalue weighted by Gasteiger charge is 2.61. The van der Waals surface area contributed by atoms with Crippen molar-refractivity contribution in [1.82, 2.24) is 14.3 Å². The number of fused-ring (bicyclic) bond motifs is 1. The molecule has 152 valence electrons. The number of para-hydroxylation sites is 1. The van der Waals surface area contributed by atoms with Crippen LogP contribution in [0.3, 0.4) is 0 Å². The second-order valence-electron chi connectivity index (χ2n) is 6.64. The van der Waals surface area contributed by atoms with Gasteiger partial charge in [0.15, 0.2) is 5.65 Å². The summed E-state index contributed by atoms with van der Waals surface area (Å²) in [5, 5.41) is 5.92. The number of alkyl halides is 2. The fourth-order valence-electron chi connectivity index (χ4n) is 3.02. The number of hydrogen-bond donors (Lipinski definition) is 2. The van der Waals surface area contributed by atoms with Gasteiger partial charge < -0.3 is 10.6 Å². The number of carbonyl (C=O) groups is 1. The van der Waals surface area contributed by atoms with Crippen molar-refractivity contribution in [3.63, 3.8) is 0 Å². The maximum absolute atomic E-state index is 13.3. The van der Waals surface area contributed by atoms with Crippen LogP contribution in [0.25, 0.3) is 11.2 Å². The quantitative estimate of drug-likeness (QED) is 0.239. The lowest BCUT2D eigenvalue weighted by molar-refractivity contribution is -0.119. The zero-order valence-electron chi connectivity index (χ0n) is 15.5. The standard InChI is InChI=1S/C18H17F2IN5OPS/c1-9-22-15-12(23-11-5-3-4-6-13(11)29-2)7-14(24-16(15)26(9)28-21)25-17(27)10-8-18(10,19)20/h3-7,10,28H,8H2,1-2H3,(H2,23,24,25,27). The number of imidazole rings is 1. The highest BCUT2D eigenvalue weighted by atomic mass is 127. The molecule has 1 amide bonds. The van der Waals surface area contributed by atoms with Crippen LogP contribution in [0, 0.1) is 12.8 Å². The van der Waals surface area contributed by atoms with E-state index < -0.39 is 24.2 Å². The van der Waals surface area contributed by atoms with Gasteiger partial charge in [0.05, 0.1) is 17.7 Å². The average Bonchev–Trinajstić information content (AvgIpc) is 3.21. The Balaban J connectivity index is 1.76. The number of nitrogens with one attached hydrogen (secondary N) is 2. The average molecular weight is 547 g/mol. The van der Waals surface area contributed by atoms with E-state index in [9.17, 15) is 13.6 Å². The normalized spacial score (nSPS) is 17.8. The molecule has 0 radical (unpaired) electrons. The number of amides is 1. The van der Waals surface area contributed by atoms with Crippen LogP contribution in [0.5, 0.6) is 0 Å². The van der Waals surface area contributed by atoms with Crippen LogP contribution in [0.15, 0.2) is 35.2 Å². The highest BCUT2D eigenvalue weighted by Crippen LogP contribution is 2.49. The van der Waals surface area contributed by atoms with Gasteiger partial charge >= 0.3 is 0 Å². The summed E-state index contributed by atoms with van der Waals surface area (Å²) in [5.41, 5.74) is 2.81. The minimum absolute atomic E-state index is 0.227. The first-order valence-electron chi connectivity index (χ1n) is 8.69. The number of anilines is 3. The summed E-state index contributed by atoms with van der Waals surface area (Å²) in [7, 11) is 0. The lowest BCUT2D eigenvalue weighted by Gasteiger charge is -2.13. The van der Waals surface area contributed by atoms with Crippen molar-refractivity contribution in [3.8, 4) is 0 Å². The number of pyridine rings is 1. The molecule has 6 nitrogen and oxygen atoms in total. The lowest BCUT2D eigenvalue weighted by atomic mass is 10.2. The number of aromatic nitrogens is 3. The molecule has 1 saturated carbocycles. The number of nitrogens with zero attached hydrogens (tertiary/aromatic N) is 3. The molecule has 29 heavy (non-hydrogen) atoms. The van der Waals surface area contributed by atoms with Gasteiger partial charge in [-0.15, -0.1) is 11.8 Å². The van der Waals surface area contributed by atoms with Gasteiger partial charge in [0, 0.05) is 17.4 Å². The van der Waals surface area contributed by atoms with Gasteiger partial charge in [0.25, 0.3) is 5.92 Å². The highest BCUT2D eigenvalue weighted by molar-refractivity contribution is 14.2. The van der Waals surface area contributed by atoms with Crippen LogP contribution >= 0.6 is 40.2 Å². The first-order valence-corrected chi connectivity index (χ1v) is 14.0. The van der Waals surface area contributed by atoms with Crippen molar-refractivity contribution in [1.29, 1.82) is 0 Å². The van der Waals surface area contributed by atoms with Gasteiger partial charge in [-0.3, -0.25) is 9.13 Å². The van der Waals surface area contributed by atoms with Crippen molar-refractivity contribution in [2.75, 3.05) is 16.9 Å². The summed E-state index contributed by atoms with van der Waals surface area (Å²) < 4.78 is 28.5. The van der Waals surface area contributed by atoms with E-state index in [0.29, 0.717) is 23.2 Å². The summed E-state index contributed by atoms with van der Waals surface area (Å²) in [5.74, 6) is -3.90. The Bertz CT molecular complexity index is 1110. The molecule has 1 aliphatic rings. The number of benzene rings is 1. The van der Waals surface area contributed by atoms with Crippen molar-refractivity contribution in [3.05, 3.63) is 36.2 Å².